The largest absolute Gasteiger partial charge is 0.416 e. The van der Waals surface area contributed by atoms with Crippen molar-refractivity contribution in [1.82, 2.24) is 19.0 Å². The van der Waals surface area contributed by atoms with Crippen LogP contribution in [0, 0.1) is 6.92 Å². The maximum absolute atomic E-state index is 13.5. The molecule has 0 radical (unpaired) electrons. The molecule has 6 nitrogen and oxygen atoms in total. The first-order chi connectivity index (χ1) is 17.8. The second-order valence-corrected chi connectivity index (χ2v) is 9.09. The Labute approximate surface area is 214 Å². The summed E-state index contributed by atoms with van der Waals surface area (Å²) in [6.07, 6.45) is -5.70. The highest BCUT2D eigenvalue weighted by Gasteiger charge is 2.43. The molecule has 2 atom stereocenters. The number of carbonyl (C=O) groups excluding carboxylic acids is 1. The number of hydrogen-bond donors (Lipinski definition) is 0. The maximum atomic E-state index is 13.5. The van der Waals surface area contributed by atoms with Gasteiger partial charge < -0.3 is 14.0 Å². The third-order valence-electron chi connectivity index (χ3n) is 6.73. The highest BCUT2D eigenvalue weighted by molar-refractivity contribution is 5.94. The van der Waals surface area contributed by atoms with Gasteiger partial charge in [-0.05, 0) is 62.1 Å². The fourth-order valence-corrected chi connectivity index (χ4v) is 5.09. The van der Waals surface area contributed by atoms with Crippen LogP contribution in [0.3, 0.4) is 0 Å². The first-order valence-electron chi connectivity index (χ1n) is 12.2. The molecule has 2 aliphatic rings. The van der Waals surface area contributed by atoms with Crippen LogP contribution in [-0.2, 0) is 18.9 Å². The Morgan fingerprint density at radius 3 is 2.11 bits per heavy atom. The zero-order valence-electron chi connectivity index (χ0n) is 20.9. The van der Waals surface area contributed by atoms with Crippen LogP contribution in [0.25, 0.3) is 5.69 Å². The van der Waals surface area contributed by atoms with E-state index in [1.54, 1.807) is 13.1 Å². The van der Waals surface area contributed by atoms with E-state index in [1.807, 2.05) is 13.8 Å². The molecule has 4 heterocycles. The van der Waals surface area contributed by atoms with Crippen molar-refractivity contribution in [3.63, 3.8) is 0 Å². The summed E-state index contributed by atoms with van der Waals surface area (Å²) in [6, 6.07) is 2.81. The molecule has 0 spiro atoms. The number of carbonyl (C=O) groups is 1. The van der Waals surface area contributed by atoms with E-state index in [-0.39, 0.29) is 36.0 Å². The van der Waals surface area contributed by atoms with Gasteiger partial charge in [-0.1, -0.05) is 13.8 Å². The number of amides is 1. The van der Waals surface area contributed by atoms with E-state index in [1.165, 1.54) is 32.5 Å². The van der Waals surface area contributed by atoms with Gasteiger partial charge in [-0.25, -0.2) is 4.98 Å². The number of nitrogens with zero attached hydrogens (tertiary/aromatic N) is 4. The number of aryl methyl sites for hydroxylation is 1. The number of piperidine rings is 1. The van der Waals surface area contributed by atoms with Gasteiger partial charge in [0.1, 0.15) is 11.4 Å². The summed E-state index contributed by atoms with van der Waals surface area (Å²) in [5.74, 6) is -0.604. The predicted molar refractivity (Wildman–Crippen MR) is 127 cm³/mol. The average molecular weight is 541 g/mol. The zero-order chi connectivity index (χ0) is 28.0. The second kappa shape index (κ2) is 9.95. The first kappa shape index (κ1) is 27.5. The molecule has 2 unspecified atom stereocenters. The van der Waals surface area contributed by atoms with Crippen LogP contribution in [0.5, 0.6) is 0 Å². The molecule has 0 bridgehead atoms. The number of hydrogen-bond acceptors (Lipinski definition) is 3. The number of pyridine rings is 1. The highest BCUT2D eigenvalue weighted by atomic mass is 19.4. The van der Waals surface area contributed by atoms with E-state index in [9.17, 15) is 35.9 Å². The maximum Gasteiger partial charge on any atom is 0.416 e. The number of fused-ring (bicyclic) bond motifs is 2. The van der Waals surface area contributed by atoms with E-state index < -0.39 is 47.0 Å². The molecule has 1 fully saturated rings. The van der Waals surface area contributed by atoms with Crippen molar-refractivity contribution in [1.29, 1.82) is 0 Å². The summed E-state index contributed by atoms with van der Waals surface area (Å²) >= 11 is 0. The van der Waals surface area contributed by atoms with Crippen LogP contribution in [0.2, 0.25) is 0 Å². The highest BCUT2D eigenvalue weighted by Crippen LogP contribution is 2.42. The molecule has 38 heavy (non-hydrogen) atoms. The van der Waals surface area contributed by atoms with Gasteiger partial charge in [-0.15, -0.1) is 0 Å². The van der Waals surface area contributed by atoms with Crippen LogP contribution < -0.4 is 5.56 Å². The minimum atomic E-state index is -4.99. The molecule has 1 saturated heterocycles. The van der Waals surface area contributed by atoms with Crippen molar-refractivity contribution in [2.75, 3.05) is 0 Å². The van der Waals surface area contributed by atoms with Gasteiger partial charge in [0.15, 0.2) is 0 Å². The lowest BCUT2D eigenvalue weighted by Crippen LogP contribution is -2.54. The lowest BCUT2D eigenvalue weighted by atomic mass is 9.87. The van der Waals surface area contributed by atoms with Crippen LogP contribution in [0.4, 0.5) is 26.3 Å². The minimum Gasteiger partial charge on any atom is -0.326 e. The Hall–Kier alpha value is -3.57. The first-order valence-corrected chi connectivity index (χ1v) is 12.2. The summed E-state index contributed by atoms with van der Waals surface area (Å²) < 4.78 is 83.5. The molecule has 3 aromatic rings. The smallest absolute Gasteiger partial charge is 0.326 e. The molecule has 204 valence electrons. The van der Waals surface area contributed by atoms with Gasteiger partial charge in [-0.3, -0.25) is 9.59 Å². The van der Waals surface area contributed by atoms with Gasteiger partial charge in [0.2, 0.25) is 0 Å². The predicted octanol–water partition coefficient (Wildman–Crippen LogP) is 6.16. The lowest BCUT2D eigenvalue weighted by Gasteiger charge is -2.46. The second-order valence-electron chi connectivity index (χ2n) is 9.09. The van der Waals surface area contributed by atoms with Crippen molar-refractivity contribution in [3.05, 3.63) is 81.3 Å². The molecule has 1 amide bonds. The quantitative estimate of drug-likeness (QED) is 0.366. The van der Waals surface area contributed by atoms with E-state index >= 15 is 0 Å². The number of halogens is 6. The summed E-state index contributed by atoms with van der Waals surface area (Å²) in [5, 5.41) is 0. The van der Waals surface area contributed by atoms with E-state index in [4.69, 9.17) is 0 Å². The zero-order valence-corrected chi connectivity index (χ0v) is 20.9. The number of aromatic nitrogens is 3. The van der Waals surface area contributed by atoms with Gasteiger partial charge in [0.25, 0.3) is 11.5 Å². The molecular formula is C26H26F6N4O2. The fraction of sp³-hybridized carbons (Fsp3) is 0.423. The van der Waals surface area contributed by atoms with Crippen LogP contribution in [-0.4, -0.2) is 31.0 Å². The van der Waals surface area contributed by atoms with Crippen LogP contribution >= 0.6 is 0 Å². The Morgan fingerprint density at radius 1 is 0.921 bits per heavy atom. The van der Waals surface area contributed by atoms with Crippen molar-refractivity contribution in [2.45, 2.75) is 71.0 Å². The summed E-state index contributed by atoms with van der Waals surface area (Å²) in [7, 11) is 0. The number of alkyl halides is 6. The Bertz CT molecular complexity index is 1370. The van der Waals surface area contributed by atoms with Crippen molar-refractivity contribution < 1.29 is 31.1 Å². The van der Waals surface area contributed by atoms with Gasteiger partial charge in [0.05, 0.1) is 35.2 Å². The van der Waals surface area contributed by atoms with Crippen molar-refractivity contribution in [3.8, 4) is 5.69 Å². The third kappa shape index (κ3) is 4.95. The molecule has 1 aromatic carbocycles. The Morgan fingerprint density at radius 2 is 1.55 bits per heavy atom. The van der Waals surface area contributed by atoms with E-state index in [0.717, 1.165) is 0 Å². The molecule has 2 aliphatic heterocycles. The summed E-state index contributed by atoms with van der Waals surface area (Å²) in [6.45, 7) is 5.84. The molecule has 12 heteroatoms. The standard InChI is InChI=1S/C24H20F6N4O2.C2H6/c1-13-10-32(12-31-13)19-5-6-20-22(36)34-17(11-33(20)21(19)35)3-2-4-18(34)14-7-15(23(25,26)27)9-16(8-14)24(28,29)30;1-2/h5-10,12,17-18H,2-4,11H2,1H3;1-2H3. The summed E-state index contributed by atoms with van der Waals surface area (Å²) in [5.41, 5.74) is -2.50. The van der Waals surface area contributed by atoms with Gasteiger partial charge in [0, 0.05) is 12.7 Å². The Kier molecular flexibility index (Phi) is 7.19. The third-order valence-corrected chi connectivity index (χ3v) is 6.73. The van der Waals surface area contributed by atoms with Gasteiger partial charge in [-0.2, -0.15) is 26.3 Å². The monoisotopic (exact) mass is 540 g/mol. The van der Waals surface area contributed by atoms with Gasteiger partial charge >= 0.3 is 12.4 Å². The average Bonchev–Trinajstić information content (AvgIpc) is 3.30. The molecule has 5 rings (SSSR count). The minimum absolute atomic E-state index is 0.0340. The molecule has 0 saturated carbocycles. The topological polar surface area (TPSA) is 60.1 Å². The normalized spacial score (nSPS) is 19.4. The fourth-order valence-electron chi connectivity index (χ4n) is 5.09. The molecule has 2 aromatic heterocycles. The number of rotatable bonds is 2. The number of imidazole rings is 1. The molecule has 0 N–H and O–H groups in total. The van der Waals surface area contributed by atoms with Crippen LogP contribution in [0.1, 0.15) is 72.0 Å². The van der Waals surface area contributed by atoms with E-state index in [2.05, 4.69) is 4.98 Å². The molecule has 0 aliphatic carbocycles. The SMILES string of the molecule is CC.Cc1cn(-c2ccc3n(c2=O)CC2CCCC(c4cc(C(F)(F)F)cc(C(F)(F)F)c4)N2C3=O)cn1. The lowest BCUT2D eigenvalue weighted by molar-refractivity contribution is -0.143. The van der Waals surface area contributed by atoms with Crippen molar-refractivity contribution >= 4 is 5.91 Å². The summed E-state index contributed by atoms with van der Waals surface area (Å²) in [4.78, 5) is 32.1. The van der Waals surface area contributed by atoms with Crippen molar-refractivity contribution in [2.24, 2.45) is 0 Å². The van der Waals surface area contributed by atoms with E-state index in [0.29, 0.717) is 30.7 Å². The van der Waals surface area contributed by atoms with Crippen LogP contribution in [0.15, 0.2) is 47.7 Å². The number of benzene rings is 1. The Balaban J connectivity index is 0.00000164. The molecular weight excluding hydrogens is 514 g/mol.